The zero-order chi connectivity index (χ0) is 15.0. The predicted octanol–water partition coefficient (Wildman–Crippen LogP) is 1.46. The van der Waals surface area contributed by atoms with E-state index in [1.54, 1.807) is 4.90 Å². The third-order valence-corrected chi connectivity index (χ3v) is 4.20. The molecule has 2 aliphatic rings. The first kappa shape index (κ1) is 14.1. The van der Waals surface area contributed by atoms with E-state index in [0.717, 1.165) is 12.2 Å². The minimum absolute atomic E-state index is 0.0925. The molecular weight excluding hydrogens is 274 g/mol. The minimum atomic E-state index is -0.885. The van der Waals surface area contributed by atoms with Gasteiger partial charge in [-0.05, 0) is 18.6 Å². The summed E-state index contributed by atoms with van der Waals surface area (Å²) in [5.74, 6) is -0.299. The number of carboxylic acids is 1. The van der Waals surface area contributed by atoms with Crippen LogP contribution in [0.3, 0.4) is 0 Å². The lowest BCUT2D eigenvalue weighted by molar-refractivity contribution is -0.146. The van der Waals surface area contributed by atoms with E-state index in [0.29, 0.717) is 31.9 Å². The summed E-state index contributed by atoms with van der Waals surface area (Å²) in [6.07, 6.45) is 1.24. The molecule has 1 saturated carbocycles. The summed E-state index contributed by atoms with van der Waals surface area (Å²) in [6.45, 7) is 3.36. The monoisotopic (exact) mass is 293 g/mol. The van der Waals surface area contributed by atoms with Crippen LogP contribution in [0.4, 0.5) is 0 Å². The van der Waals surface area contributed by atoms with Crippen LogP contribution < -0.4 is 0 Å². The van der Waals surface area contributed by atoms with Crippen molar-refractivity contribution in [1.29, 1.82) is 0 Å². The molecule has 21 heavy (non-hydrogen) atoms. The van der Waals surface area contributed by atoms with Gasteiger partial charge in [-0.15, -0.1) is 0 Å². The number of morpholine rings is 1. The quantitative estimate of drug-likeness (QED) is 0.909. The molecule has 3 atom stereocenters. The first-order chi connectivity index (χ1) is 10.1. The van der Waals surface area contributed by atoms with Gasteiger partial charge in [0.15, 0.2) is 0 Å². The number of aryl methyl sites for hydroxylation is 1. The van der Waals surface area contributed by atoms with Crippen molar-refractivity contribution in [3.8, 4) is 0 Å². The first-order valence-corrected chi connectivity index (χ1v) is 7.31. The van der Waals surface area contributed by atoms with Gasteiger partial charge in [-0.2, -0.15) is 0 Å². The van der Waals surface area contributed by atoms with Gasteiger partial charge in [0.25, 0.3) is 0 Å². The van der Waals surface area contributed by atoms with E-state index < -0.39 is 11.9 Å². The van der Waals surface area contributed by atoms with Crippen molar-refractivity contribution in [2.45, 2.75) is 25.8 Å². The van der Waals surface area contributed by atoms with E-state index in [2.05, 4.69) is 0 Å². The molecule has 2 heterocycles. The fourth-order valence-electron chi connectivity index (χ4n) is 2.82. The van der Waals surface area contributed by atoms with Crippen LogP contribution in [0.2, 0.25) is 0 Å². The number of carbonyl (C=O) groups is 2. The fraction of sp³-hybridized carbons (Fsp3) is 0.600. The Morgan fingerprint density at radius 2 is 2.19 bits per heavy atom. The maximum Gasteiger partial charge on any atom is 0.307 e. The second kappa shape index (κ2) is 5.52. The van der Waals surface area contributed by atoms with Gasteiger partial charge in [-0.3, -0.25) is 9.59 Å². The Balaban J connectivity index is 1.75. The number of nitrogens with zero attached hydrogens (tertiary/aromatic N) is 1. The highest BCUT2D eigenvalue weighted by Gasteiger charge is 2.51. The van der Waals surface area contributed by atoms with Crippen LogP contribution >= 0.6 is 0 Å². The Morgan fingerprint density at radius 3 is 2.81 bits per heavy atom. The van der Waals surface area contributed by atoms with Gasteiger partial charge in [0.2, 0.25) is 5.91 Å². The van der Waals surface area contributed by atoms with Crippen LogP contribution in [0.1, 0.15) is 30.9 Å². The summed E-state index contributed by atoms with van der Waals surface area (Å²) in [6, 6.07) is 3.53. The van der Waals surface area contributed by atoms with E-state index >= 15 is 0 Å². The highest BCUT2D eigenvalue weighted by molar-refractivity contribution is 5.89. The van der Waals surface area contributed by atoms with Crippen LogP contribution in [0.15, 0.2) is 16.5 Å². The summed E-state index contributed by atoms with van der Waals surface area (Å²) in [5, 5.41) is 8.98. The molecule has 2 fully saturated rings. The van der Waals surface area contributed by atoms with E-state index in [-0.39, 0.29) is 17.9 Å². The second-order valence-electron chi connectivity index (χ2n) is 5.57. The summed E-state index contributed by atoms with van der Waals surface area (Å²) in [5.41, 5.74) is 0. The van der Waals surface area contributed by atoms with Gasteiger partial charge in [0, 0.05) is 13.0 Å². The molecule has 0 bridgehead atoms. The van der Waals surface area contributed by atoms with Crippen molar-refractivity contribution in [3.63, 3.8) is 0 Å². The number of carboxylic acid groups (broad SMARTS) is 1. The smallest absolute Gasteiger partial charge is 0.307 e. The number of amides is 1. The molecule has 0 unspecified atom stereocenters. The summed E-state index contributed by atoms with van der Waals surface area (Å²) in [7, 11) is 0. The summed E-state index contributed by atoms with van der Waals surface area (Å²) in [4.78, 5) is 25.2. The molecule has 114 valence electrons. The highest BCUT2D eigenvalue weighted by atomic mass is 16.5. The second-order valence-corrected chi connectivity index (χ2v) is 5.57. The molecule has 1 aliphatic heterocycles. The molecule has 1 saturated heterocycles. The average Bonchev–Trinajstić information content (AvgIpc) is 3.17. The number of hydrogen-bond donors (Lipinski definition) is 1. The SMILES string of the molecule is CCc1ccc([C@@H]2COCCN2C(=O)[C@@H]2C[C@@H]2C(=O)O)o1. The number of furan rings is 1. The van der Waals surface area contributed by atoms with Crippen molar-refractivity contribution >= 4 is 11.9 Å². The highest BCUT2D eigenvalue weighted by Crippen LogP contribution is 2.42. The number of aliphatic carboxylic acids is 1. The Kier molecular flexibility index (Phi) is 3.71. The molecule has 3 rings (SSSR count). The van der Waals surface area contributed by atoms with Gasteiger partial charge in [0.05, 0.1) is 25.0 Å². The molecule has 1 aliphatic carbocycles. The Labute approximate surface area is 122 Å². The van der Waals surface area contributed by atoms with Crippen molar-refractivity contribution in [2.75, 3.05) is 19.8 Å². The molecule has 1 N–H and O–H groups in total. The molecule has 0 aromatic carbocycles. The molecule has 1 amide bonds. The van der Waals surface area contributed by atoms with E-state index in [1.807, 2.05) is 19.1 Å². The topological polar surface area (TPSA) is 80.0 Å². The molecule has 0 radical (unpaired) electrons. The lowest BCUT2D eigenvalue weighted by Gasteiger charge is -2.34. The molecule has 0 spiro atoms. The van der Waals surface area contributed by atoms with E-state index in [4.69, 9.17) is 14.3 Å². The number of ether oxygens (including phenoxy) is 1. The molecular formula is C15H19NO5. The van der Waals surface area contributed by atoms with Gasteiger partial charge in [0.1, 0.15) is 17.6 Å². The maximum atomic E-state index is 12.5. The van der Waals surface area contributed by atoms with Gasteiger partial charge in [-0.1, -0.05) is 6.92 Å². The Bertz CT molecular complexity index is 552. The molecule has 1 aromatic rings. The normalized spacial score (nSPS) is 28.4. The lowest BCUT2D eigenvalue weighted by atomic mass is 10.1. The number of rotatable bonds is 4. The third-order valence-electron chi connectivity index (χ3n) is 4.20. The minimum Gasteiger partial charge on any atom is -0.481 e. The fourth-order valence-corrected chi connectivity index (χ4v) is 2.82. The van der Waals surface area contributed by atoms with Crippen LogP contribution in [0.5, 0.6) is 0 Å². The van der Waals surface area contributed by atoms with Crippen LogP contribution in [0.25, 0.3) is 0 Å². The predicted molar refractivity (Wildman–Crippen MR) is 72.6 cm³/mol. The van der Waals surface area contributed by atoms with Crippen molar-refractivity contribution in [3.05, 3.63) is 23.7 Å². The van der Waals surface area contributed by atoms with Gasteiger partial charge < -0.3 is 19.2 Å². The Hall–Kier alpha value is -1.82. The molecule has 1 aromatic heterocycles. The standard InChI is InChI=1S/C15H19NO5/c1-2-9-3-4-13(21-9)12-8-20-6-5-16(12)14(17)10-7-11(10)15(18)19/h3-4,10-12H,2,5-8H2,1H3,(H,18,19)/t10-,11+,12+/m1/s1. The van der Waals surface area contributed by atoms with Crippen LogP contribution in [-0.4, -0.2) is 41.6 Å². The van der Waals surface area contributed by atoms with E-state index in [9.17, 15) is 9.59 Å². The van der Waals surface area contributed by atoms with Gasteiger partial charge in [-0.25, -0.2) is 0 Å². The number of carbonyl (C=O) groups excluding carboxylic acids is 1. The zero-order valence-electron chi connectivity index (χ0n) is 11.9. The lowest BCUT2D eigenvalue weighted by Crippen LogP contribution is -2.44. The van der Waals surface area contributed by atoms with E-state index in [1.165, 1.54) is 0 Å². The Morgan fingerprint density at radius 1 is 1.38 bits per heavy atom. The van der Waals surface area contributed by atoms with Crippen LogP contribution in [-0.2, 0) is 20.7 Å². The van der Waals surface area contributed by atoms with Crippen molar-refractivity contribution in [1.82, 2.24) is 4.90 Å². The largest absolute Gasteiger partial charge is 0.481 e. The summed E-state index contributed by atoms with van der Waals surface area (Å²) >= 11 is 0. The molecule has 6 nitrogen and oxygen atoms in total. The number of hydrogen-bond acceptors (Lipinski definition) is 4. The van der Waals surface area contributed by atoms with Crippen LogP contribution in [0, 0.1) is 11.8 Å². The van der Waals surface area contributed by atoms with Crippen molar-refractivity contribution in [2.24, 2.45) is 11.8 Å². The molecule has 6 heteroatoms. The zero-order valence-corrected chi connectivity index (χ0v) is 11.9. The first-order valence-electron chi connectivity index (χ1n) is 7.31. The van der Waals surface area contributed by atoms with Gasteiger partial charge >= 0.3 is 5.97 Å². The van der Waals surface area contributed by atoms with Crippen molar-refractivity contribution < 1.29 is 23.8 Å². The average molecular weight is 293 g/mol. The summed E-state index contributed by atoms with van der Waals surface area (Å²) < 4.78 is 11.2. The maximum absolute atomic E-state index is 12.5. The third kappa shape index (κ3) is 2.68.